The van der Waals surface area contributed by atoms with Gasteiger partial charge in [-0.3, -0.25) is 4.68 Å². The van der Waals surface area contributed by atoms with Crippen LogP contribution in [0.5, 0.6) is 0 Å². The van der Waals surface area contributed by atoms with Gasteiger partial charge in [0.25, 0.3) is 0 Å². The lowest BCUT2D eigenvalue weighted by molar-refractivity contribution is 0.730. The van der Waals surface area contributed by atoms with E-state index in [9.17, 15) is 0 Å². The number of aryl methyl sites for hydroxylation is 2. The summed E-state index contributed by atoms with van der Waals surface area (Å²) in [6, 6.07) is 0. The standard InChI is InChI=1S/C11H15BrN6/c1-6-8(7(2)18(3)17-6)4-14-10-9(12)5-15-11(13)16-10/h5H,4H2,1-3H3,(H3,13,14,15,16). The van der Waals surface area contributed by atoms with E-state index in [1.54, 1.807) is 6.20 Å². The second kappa shape index (κ2) is 4.93. The number of halogens is 1. The van der Waals surface area contributed by atoms with Crippen LogP contribution >= 0.6 is 15.9 Å². The van der Waals surface area contributed by atoms with Crippen LogP contribution in [0.15, 0.2) is 10.7 Å². The fraction of sp³-hybridized carbons (Fsp3) is 0.364. The van der Waals surface area contributed by atoms with E-state index in [4.69, 9.17) is 5.73 Å². The maximum absolute atomic E-state index is 5.56. The molecule has 0 aromatic carbocycles. The van der Waals surface area contributed by atoms with Gasteiger partial charge in [0.15, 0.2) is 0 Å². The van der Waals surface area contributed by atoms with Crippen molar-refractivity contribution in [2.24, 2.45) is 7.05 Å². The number of hydrogen-bond donors (Lipinski definition) is 2. The summed E-state index contributed by atoms with van der Waals surface area (Å²) >= 11 is 3.38. The molecule has 0 spiro atoms. The van der Waals surface area contributed by atoms with Crippen LogP contribution in [0.2, 0.25) is 0 Å². The summed E-state index contributed by atoms with van der Waals surface area (Å²) in [5.74, 6) is 0.936. The average molecular weight is 311 g/mol. The molecule has 2 heterocycles. The van der Waals surface area contributed by atoms with E-state index in [0.717, 1.165) is 15.9 Å². The molecule has 6 nitrogen and oxygen atoms in total. The second-order valence-corrected chi connectivity index (χ2v) is 4.91. The second-order valence-electron chi connectivity index (χ2n) is 4.05. The first kappa shape index (κ1) is 12.8. The predicted octanol–water partition coefficient (Wildman–Crippen LogP) is 1.78. The van der Waals surface area contributed by atoms with Crippen LogP contribution < -0.4 is 11.1 Å². The van der Waals surface area contributed by atoms with Gasteiger partial charge in [-0.1, -0.05) is 0 Å². The first-order chi connectivity index (χ1) is 8.49. The Labute approximate surface area is 114 Å². The molecule has 3 N–H and O–H groups in total. The van der Waals surface area contributed by atoms with Crippen LogP contribution in [0.4, 0.5) is 11.8 Å². The van der Waals surface area contributed by atoms with E-state index in [-0.39, 0.29) is 5.95 Å². The number of nitrogens with zero attached hydrogens (tertiary/aromatic N) is 4. The molecule has 0 radical (unpaired) electrons. The molecular formula is C11H15BrN6. The summed E-state index contributed by atoms with van der Waals surface area (Å²) in [6.07, 6.45) is 1.63. The smallest absolute Gasteiger partial charge is 0.221 e. The molecule has 0 fully saturated rings. The van der Waals surface area contributed by atoms with Crippen LogP contribution in [-0.4, -0.2) is 19.7 Å². The third kappa shape index (κ3) is 2.45. The number of rotatable bonds is 3. The van der Waals surface area contributed by atoms with Gasteiger partial charge in [-0.05, 0) is 29.8 Å². The molecule has 0 saturated carbocycles. The minimum absolute atomic E-state index is 0.250. The van der Waals surface area contributed by atoms with Gasteiger partial charge < -0.3 is 11.1 Å². The molecule has 0 atom stereocenters. The van der Waals surface area contributed by atoms with Crippen molar-refractivity contribution in [3.05, 3.63) is 27.6 Å². The Morgan fingerprint density at radius 2 is 2.17 bits per heavy atom. The summed E-state index contributed by atoms with van der Waals surface area (Å²) in [5, 5.41) is 7.60. The fourth-order valence-corrected chi connectivity index (χ4v) is 2.08. The number of nitrogens with one attached hydrogen (secondary N) is 1. The molecule has 2 rings (SSSR count). The Kier molecular flexibility index (Phi) is 3.51. The first-order valence-electron chi connectivity index (χ1n) is 5.50. The third-order valence-corrected chi connectivity index (χ3v) is 3.43. The topological polar surface area (TPSA) is 81.7 Å². The van der Waals surface area contributed by atoms with Crippen molar-refractivity contribution in [1.29, 1.82) is 0 Å². The Balaban J connectivity index is 2.19. The van der Waals surface area contributed by atoms with Crippen molar-refractivity contribution >= 4 is 27.7 Å². The highest BCUT2D eigenvalue weighted by Gasteiger charge is 2.10. The minimum Gasteiger partial charge on any atom is -0.368 e. The Morgan fingerprint density at radius 1 is 1.44 bits per heavy atom. The average Bonchev–Trinajstić information content (AvgIpc) is 2.55. The summed E-state index contributed by atoms with van der Waals surface area (Å²) in [6.45, 7) is 4.69. The van der Waals surface area contributed by atoms with Gasteiger partial charge >= 0.3 is 0 Å². The highest BCUT2D eigenvalue weighted by molar-refractivity contribution is 9.10. The molecule has 18 heavy (non-hydrogen) atoms. The van der Waals surface area contributed by atoms with Crippen molar-refractivity contribution in [1.82, 2.24) is 19.7 Å². The van der Waals surface area contributed by atoms with Crippen LogP contribution in [0.25, 0.3) is 0 Å². The molecule has 0 aliphatic rings. The quantitative estimate of drug-likeness (QED) is 0.903. The third-order valence-electron chi connectivity index (χ3n) is 2.85. The van der Waals surface area contributed by atoms with Crippen molar-refractivity contribution in [2.75, 3.05) is 11.1 Å². The normalized spacial score (nSPS) is 10.7. The minimum atomic E-state index is 0.250. The van der Waals surface area contributed by atoms with Gasteiger partial charge in [-0.15, -0.1) is 0 Å². The van der Waals surface area contributed by atoms with Crippen LogP contribution in [0, 0.1) is 13.8 Å². The van der Waals surface area contributed by atoms with Gasteiger partial charge in [-0.25, -0.2) is 4.98 Å². The SMILES string of the molecule is Cc1nn(C)c(C)c1CNc1nc(N)ncc1Br. The highest BCUT2D eigenvalue weighted by Crippen LogP contribution is 2.21. The van der Waals surface area contributed by atoms with Crippen molar-refractivity contribution in [3.8, 4) is 0 Å². The first-order valence-corrected chi connectivity index (χ1v) is 6.29. The van der Waals surface area contributed by atoms with Crippen LogP contribution in [0.1, 0.15) is 17.0 Å². The molecule has 0 aliphatic carbocycles. The zero-order valence-corrected chi connectivity index (χ0v) is 12.1. The van der Waals surface area contributed by atoms with E-state index >= 15 is 0 Å². The van der Waals surface area contributed by atoms with Gasteiger partial charge in [0.05, 0.1) is 10.2 Å². The fourth-order valence-electron chi connectivity index (χ4n) is 1.75. The molecule has 2 aromatic heterocycles. The molecular weight excluding hydrogens is 296 g/mol. The Hall–Kier alpha value is -1.63. The lowest BCUT2D eigenvalue weighted by atomic mass is 10.2. The summed E-state index contributed by atoms with van der Waals surface area (Å²) in [7, 11) is 1.93. The van der Waals surface area contributed by atoms with Crippen molar-refractivity contribution in [2.45, 2.75) is 20.4 Å². The van der Waals surface area contributed by atoms with Crippen molar-refractivity contribution < 1.29 is 0 Å². The summed E-state index contributed by atoms with van der Waals surface area (Å²) < 4.78 is 2.66. The lowest BCUT2D eigenvalue weighted by Crippen LogP contribution is -2.06. The van der Waals surface area contributed by atoms with E-state index in [1.807, 2.05) is 25.6 Å². The number of nitrogens with two attached hydrogens (primary N) is 1. The molecule has 0 bridgehead atoms. The highest BCUT2D eigenvalue weighted by atomic mass is 79.9. The van der Waals surface area contributed by atoms with Gasteiger partial charge in [0.1, 0.15) is 5.82 Å². The van der Waals surface area contributed by atoms with Gasteiger partial charge in [-0.2, -0.15) is 10.1 Å². The number of anilines is 2. The zero-order chi connectivity index (χ0) is 13.3. The molecule has 0 unspecified atom stereocenters. The van der Waals surface area contributed by atoms with Crippen molar-refractivity contribution in [3.63, 3.8) is 0 Å². The Morgan fingerprint density at radius 3 is 2.78 bits per heavy atom. The van der Waals surface area contributed by atoms with Crippen LogP contribution in [-0.2, 0) is 13.6 Å². The lowest BCUT2D eigenvalue weighted by Gasteiger charge is -2.08. The largest absolute Gasteiger partial charge is 0.368 e. The number of hydrogen-bond acceptors (Lipinski definition) is 5. The zero-order valence-electron chi connectivity index (χ0n) is 10.5. The maximum atomic E-state index is 5.56. The molecule has 0 saturated heterocycles. The van der Waals surface area contributed by atoms with Crippen LogP contribution in [0.3, 0.4) is 0 Å². The molecule has 7 heteroatoms. The van der Waals surface area contributed by atoms with Gasteiger partial charge in [0.2, 0.25) is 5.95 Å². The Bertz CT molecular complexity index is 577. The summed E-state index contributed by atoms with van der Waals surface area (Å²) in [4.78, 5) is 8.03. The maximum Gasteiger partial charge on any atom is 0.221 e. The number of nitrogen functional groups attached to an aromatic ring is 1. The molecule has 96 valence electrons. The van der Waals surface area contributed by atoms with E-state index in [2.05, 4.69) is 36.3 Å². The number of aromatic nitrogens is 4. The van der Waals surface area contributed by atoms with E-state index in [1.165, 1.54) is 5.56 Å². The monoisotopic (exact) mass is 310 g/mol. The molecule has 0 aliphatic heterocycles. The molecule has 2 aromatic rings. The molecule has 0 amide bonds. The predicted molar refractivity (Wildman–Crippen MR) is 74.2 cm³/mol. The van der Waals surface area contributed by atoms with E-state index < -0.39 is 0 Å². The van der Waals surface area contributed by atoms with Gasteiger partial charge in [0, 0.05) is 31.0 Å². The summed E-state index contributed by atoms with van der Waals surface area (Å²) in [5.41, 5.74) is 8.88. The van der Waals surface area contributed by atoms with E-state index in [0.29, 0.717) is 12.4 Å².